The molecule has 26 heavy (non-hydrogen) atoms. The van der Waals surface area contributed by atoms with Crippen LogP contribution in [-0.4, -0.2) is 25.0 Å². The SMILES string of the molecule is COc1ccc(C)cc1NC(=O)[C@@H](NC(=O)c1ccccc1Cl)C(C)C. The van der Waals surface area contributed by atoms with Gasteiger partial charge in [-0.15, -0.1) is 0 Å². The Balaban J connectivity index is 2.19. The summed E-state index contributed by atoms with van der Waals surface area (Å²) >= 11 is 6.07. The van der Waals surface area contributed by atoms with Gasteiger partial charge < -0.3 is 15.4 Å². The molecule has 0 saturated heterocycles. The van der Waals surface area contributed by atoms with Gasteiger partial charge in [0.15, 0.2) is 0 Å². The zero-order chi connectivity index (χ0) is 19.3. The molecule has 6 heteroatoms. The van der Waals surface area contributed by atoms with Gasteiger partial charge >= 0.3 is 0 Å². The lowest BCUT2D eigenvalue weighted by molar-refractivity contribution is -0.118. The molecule has 0 heterocycles. The summed E-state index contributed by atoms with van der Waals surface area (Å²) in [6.45, 7) is 5.66. The fourth-order valence-corrected chi connectivity index (χ4v) is 2.75. The fraction of sp³-hybridized carbons (Fsp3) is 0.300. The largest absolute Gasteiger partial charge is 0.495 e. The maximum Gasteiger partial charge on any atom is 0.253 e. The Morgan fingerprint density at radius 3 is 2.42 bits per heavy atom. The van der Waals surface area contributed by atoms with Crippen molar-refractivity contribution >= 4 is 29.1 Å². The molecule has 0 fully saturated rings. The van der Waals surface area contributed by atoms with E-state index < -0.39 is 6.04 Å². The number of halogens is 1. The minimum Gasteiger partial charge on any atom is -0.495 e. The van der Waals surface area contributed by atoms with E-state index in [1.165, 1.54) is 0 Å². The lowest BCUT2D eigenvalue weighted by Gasteiger charge is -2.22. The molecular weight excluding hydrogens is 352 g/mol. The topological polar surface area (TPSA) is 67.4 Å². The first-order valence-corrected chi connectivity index (χ1v) is 8.72. The van der Waals surface area contributed by atoms with Crippen molar-refractivity contribution in [2.45, 2.75) is 26.8 Å². The van der Waals surface area contributed by atoms with Crippen molar-refractivity contribution < 1.29 is 14.3 Å². The van der Waals surface area contributed by atoms with Gasteiger partial charge in [-0.1, -0.05) is 43.6 Å². The molecule has 0 bridgehead atoms. The first-order valence-electron chi connectivity index (χ1n) is 8.34. The number of carbonyl (C=O) groups is 2. The molecule has 2 amide bonds. The van der Waals surface area contributed by atoms with Gasteiger partial charge in [-0.2, -0.15) is 0 Å². The summed E-state index contributed by atoms with van der Waals surface area (Å²) in [6.07, 6.45) is 0. The van der Waals surface area contributed by atoms with Crippen LogP contribution in [0.3, 0.4) is 0 Å². The summed E-state index contributed by atoms with van der Waals surface area (Å²) in [5, 5.41) is 5.95. The zero-order valence-electron chi connectivity index (χ0n) is 15.3. The van der Waals surface area contributed by atoms with E-state index in [0.717, 1.165) is 5.56 Å². The number of hydrogen-bond donors (Lipinski definition) is 2. The standard InChI is InChI=1S/C20H23ClN2O3/c1-12(2)18(23-19(24)14-7-5-6-8-15(14)21)20(25)22-16-11-13(3)9-10-17(16)26-4/h5-12,18H,1-4H3,(H,22,25)(H,23,24)/t18-/m0/s1. The van der Waals surface area contributed by atoms with Crippen molar-refractivity contribution in [3.05, 3.63) is 58.6 Å². The minimum atomic E-state index is -0.719. The molecule has 2 rings (SSSR count). The minimum absolute atomic E-state index is 0.114. The van der Waals surface area contributed by atoms with Gasteiger partial charge in [0.2, 0.25) is 5.91 Å². The van der Waals surface area contributed by atoms with Crippen LogP contribution < -0.4 is 15.4 Å². The highest BCUT2D eigenvalue weighted by atomic mass is 35.5. The first-order chi connectivity index (χ1) is 12.3. The fourth-order valence-electron chi connectivity index (χ4n) is 2.53. The molecular formula is C20H23ClN2O3. The molecule has 2 aromatic carbocycles. The van der Waals surface area contributed by atoms with Crippen LogP contribution in [0.2, 0.25) is 5.02 Å². The molecule has 0 aliphatic carbocycles. The number of aryl methyl sites for hydroxylation is 1. The summed E-state index contributed by atoms with van der Waals surface area (Å²) in [7, 11) is 1.54. The van der Waals surface area contributed by atoms with Gasteiger partial charge in [0.1, 0.15) is 11.8 Å². The Labute approximate surface area is 158 Å². The first kappa shape index (κ1) is 19.8. The number of amides is 2. The molecule has 0 spiro atoms. The van der Waals surface area contributed by atoms with Gasteiger partial charge in [-0.25, -0.2) is 0 Å². The van der Waals surface area contributed by atoms with Crippen molar-refractivity contribution in [1.82, 2.24) is 5.32 Å². The van der Waals surface area contributed by atoms with Crippen LogP contribution in [0.1, 0.15) is 29.8 Å². The molecule has 0 aliphatic rings. The van der Waals surface area contributed by atoms with E-state index in [1.807, 2.05) is 32.9 Å². The van der Waals surface area contributed by atoms with Crippen molar-refractivity contribution in [3.63, 3.8) is 0 Å². The molecule has 5 nitrogen and oxygen atoms in total. The van der Waals surface area contributed by atoms with Crippen LogP contribution in [0.15, 0.2) is 42.5 Å². The van der Waals surface area contributed by atoms with Crippen molar-refractivity contribution in [1.29, 1.82) is 0 Å². The molecule has 0 aliphatic heterocycles. The Bertz CT molecular complexity index is 805. The second-order valence-electron chi connectivity index (χ2n) is 6.37. The second-order valence-corrected chi connectivity index (χ2v) is 6.78. The van der Waals surface area contributed by atoms with Crippen LogP contribution in [0.25, 0.3) is 0 Å². The summed E-state index contributed by atoms with van der Waals surface area (Å²) in [6, 6.07) is 11.5. The van der Waals surface area contributed by atoms with E-state index >= 15 is 0 Å². The monoisotopic (exact) mass is 374 g/mol. The van der Waals surface area contributed by atoms with E-state index in [0.29, 0.717) is 22.0 Å². The Hall–Kier alpha value is -2.53. The molecule has 2 N–H and O–H groups in total. The molecule has 0 saturated carbocycles. The molecule has 0 aromatic heterocycles. The predicted octanol–water partition coefficient (Wildman–Crippen LogP) is 4.05. The summed E-state index contributed by atoms with van der Waals surface area (Å²) in [4.78, 5) is 25.3. The number of carbonyl (C=O) groups excluding carboxylic acids is 2. The van der Waals surface area contributed by atoms with Gasteiger partial charge in [0.05, 0.1) is 23.4 Å². The van der Waals surface area contributed by atoms with E-state index in [2.05, 4.69) is 10.6 Å². The summed E-state index contributed by atoms with van der Waals surface area (Å²) in [5.74, 6) is -0.258. The Morgan fingerprint density at radius 2 is 1.81 bits per heavy atom. The summed E-state index contributed by atoms with van der Waals surface area (Å²) < 4.78 is 5.29. The molecule has 2 aromatic rings. The van der Waals surface area contributed by atoms with Crippen molar-refractivity contribution in [2.24, 2.45) is 5.92 Å². The number of methoxy groups -OCH3 is 1. The number of rotatable bonds is 6. The van der Waals surface area contributed by atoms with Gasteiger partial charge in [-0.3, -0.25) is 9.59 Å². The van der Waals surface area contributed by atoms with Crippen LogP contribution in [0.5, 0.6) is 5.75 Å². The smallest absolute Gasteiger partial charge is 0.253 e. The number of ether oxygens (including phenoxy) is 1. The van der Waals surface area contributed by atoms with E-state index in [9.17, 15) is 9.59 Å². The van der Waals surface area contributed by atoms with Gasteiger partial charge in [0.25, 0.3) is 5.91 Å². The highest BCUT2D eigenvalue weighted by Crippen LogP contribution is 2.25. The quantitative estimate of drug-likeness (QED) is 0.801. The highest BCUT2D eigenvalue weighted by molar-refractivity contribution is 6.33. The van der Waals surface area contributed by atoms with Gasteiger partial charge in [-0.05, 0) is 42.7 Å². The molecule has 0 radical (unpaired) electrons. The van der Waals surface area contributed by atoms with E-state index in [1.54, 1.807) is 37.4 Å². The number of hydrogen-bond acceptors (Lipinski definition) is 3. The van der Waals surface area contributed by atoms with Gasteiger partial charge in [0, 0.05) is 0 Å². The average molecular weight is 375 g/mol. The second kappa shape index (κ2) is 8.72. The maximum atomic E-state index is 12.8. The Morgan fingerprint density at radius 1 is 1.12 bits per heavy atom. The summed E-state index contributed by atoms with van der Waals surface area (Å²) in [5.41, 5.74) is 1.89. The normalized spacial score (nSPS) is 11.8. The highest BCUT2D eigenvalue weighted by Gasteiger charge is 2.26. The van der Waals surface area contributed by atoms with E-state index in [-0.39, 0.29) is 17.7 Å². The zero-order valence-corrected chi connectivity index (χ0v) is 16.1. The lowest BCUT2D eigenvalue weighted by atomic mass is 10.0. The molecule has 1 atom stereocenters. The number of nitrogens with one attached hydrogen (secondary N) is 2. The van der Waals surface area contributed by atoms with Crippen LogP contribution in [0.4, 0.5) is 5.69 Å². The van der Waals surface area contributed by atoms with Crippen LogP contribution in [0, 0.1) is 12.8 Å². The average Bonchev–Trinajstić information content (AvgIpc) is 2.59. The third-order valence-electron chi connectivity index (χ3n) is 3.97. The van der Waals surface area contributed by atoms with Crippen LogP contribution >= 0.6 is 11.6 Å². The third kappa shape index (κ3) is 4.76. The lowest BCUT2D eigenvalue weighted by Crippen LogP contribution is -2.47. The third-order valence-corrected chi connectivity index (χ3v) is 4.30. The van der Waals surface area contributed by atoms with Crippen LogP contribution in [-0.2, 0) is 4.79 Å². The number of anilines is 1. The Kier molecular flexibility index (Phi) is 6.64. The maximum absolute atomic E-state index is 12.8. The predicted molar refractivity (Wildman–Crippen MR) is 104 cm³/mol. The molecule has 138 valence electrons. The van der Waals surface area contributed by atoms with E-state index in [4.69, 9.17) is 16.3 Å². The van der Waals surface area contributed by atoms with Crippen molar-refractivity contribution in [2.75, 3.05) is 12.4 Å². The van der Waals surface area contributed by atoms with Crippen molar-refractivity contribution in [3.8, 4) is 5.75 Å². The number of benzene rings is 2. The molecule has 0 unspecified atom stereocenters.